The van der Waals surface area contributed by atoms with Crippen LogP contribution in [0.3, 0.4) is 0 Å². The Morgan fingerprint density at radius 3 is 3.00 bits per heavy atom. The number of hydrogen-bond acceptors (Lipinski definition) is 3. The molecule has 2 aromatic heterocycles. The van der Waals surface area contributed by atoms with Crippen molar-refractivity contribution in [1.82, 2.24) is 9.78 Å². The number of hydrogen-bond donors (Lipinski definition) is 1. The molecule has 0 saturated heterocycles. The van der Waals surface area contributed by atoms with Crippen molar-refractivity contribution in [2.45, 2.75) is 19.6 Å². The second-order valence-corrected chi connectivity index (χ2v) is 5.95. The average Bonchev–Trinajstić information content (AvgIpc) is 3.00. The third kappa shape index (κ3) is 2.22. The number of benzene rings is 1. The summed E-state index contributed by atoms with van der Waals surface area (Å²) in [5.41, 5.74) is 0.571. The topological polar surface area (TPSA) is 38.0 Å². The van der Waals surface area contributed by atoms with Crippen molar-refractivity contribution in [3.05, 3.63) is 51.9 Å². The molecule has 0 fully saturated rings. The Labute approximate surface area is 124 Å². The molecule has 3 rings (SSSR count). The Morgan fingerprint density at radius 2 is 2.25 bits per heavy atom. The number of aromatic nitrogens is 2. The fourth-order valence-electron chi connectivity index (χ4n) is 2.19. The lowest BCUT2D eigenvalue weighted by molar-refractivity contribution is 0.212. The first kappa shape index (κ1) is 13.5. The van der Waals surface area contributed by atoms with Crippen molar-refractivity contribution >= 4 is 33.0 Å². The van der Waals surface area contributed by atoms with Crippen LogP contribution in [0.15, 0.2) is 30.5 Å². The lowest BCUT2D eigenvalue weighted by Gasteiger charge is -2.11. The smallest absolute Gasteiger partial charge is 0.131 e. The minimum atomic E-state index is -0.856. The maximum atomic E-state index is 13.2. The summed E-state index contributed by atoms with van der Waals surface area (Å²) < 4.78 is 15.7. The summed E-state index contributed by atoms with van der Waals surface area (Å²) in [6.45, 7) is 2.55. The molecule has 6 heteroatoms. The molecule has 0 aliphatic heterocycles. The third-order valence-electron chi connectivity index (χ3n) is 3.16. The van der Waals surface area contributed by atoms with Gasteiger partial charge in [-0.25, -0.2) is 4.39 Å². The number of nitrogens with zero attached hydrogens (tertiary/aromatic N) is 2. The zero-order valence-electron chi connectivity index (χ0n) is 10.7. The first-order chi connectivity index (χ1) is 9.60. The van der Waals surface area contributed by atoms with Crippen LogP contribution in [0.1, 0.15) is 23.6 Å². The highest BCUT2D eigenvalue weighted by Gasteiger charge is 2.21. The molecule has 0 spiro atoms. The van der Waals surface area contributed by atoms with Gasteiger partial charge in [-0.3, -0.25) is 4.68 Å². The van der Waals surface area contributed by atoms with Crippen LogP contribution in [0.25, 0.3) is 10.1 Å². The zero-order chi connectivity index (χ0) is 14.3. The predicted octanol–water partition coefficient (Wildman–Crippen LogP) is 3.99. The van der Waals surface area contributed by atoms with Gasteiger partial charge in [-0.2, -0.15) is 5.10 Å². The number of rotatable bonds is 3. The van der Waals surface area contributed by atoms with Crippen LogP contribution in [-0.2, 0) is 6.54 Å². The van der Waals surface area contributed by atoms with E-state index in [0.717, 1.165) is 15.0 Å². The molecule has 0 saturated carbocycles. The van der Waals surface area contributed by atoms with Crippen LogP contribution in [0, 0.1) is 5.82 Å². The van der Waals surface area contributed by atoms with Gasteiger partial charge in [0.2, 0.25) is 0 Å². The summed E-state index contributed by atoms with van der Waals surface area (Å²) in [4.78, 5) is 0.725. The maximum Gasteiger partial charge on any atom is 0.131 e. The quantitative estimate of drug-likeness (QED) is 0.794. The Kier molecular flexibility index (Phi) is 3.50. The molecule has 104 valence electrons. The highest BCUT2D eigenvalue weighted by atomic mass is 35.5. The molecule has 1 aromatic carbocycles. The summed E-state index contributed by atoms with van der Waals surface area (Å²) in [6.07, 6.45) is 0.668. The minimum Gasteiger partial charge on any atom is -0.381 e. The van der Waals surface area contributed by atoms with E-state index >= 15 is 0 Å². The first-order valence-electron chi connectivity index (χ1n) is 6.18. The molecule has 0 radical (unpaired) electrons. The van der Waals surface area contributed by atoms with Gasteiger partial charge in [-0.15, -0.1) is 11.3 Å². The number of aliphatic hydroxyl groups excluding tert-OH is 1. The normalized spacial score (nSPS) is 13.0. The van der Waals surface area contributed by atoms with E-state index in [1.807, 2.05) is 13.0 Å². The van der Waals surface area contributed by atoms with Crippen molar-refractivity contribution in [3.63, 3.8) is 0 Å². The van der Waals surface area contributed by atoms with E-state index in [-0.39, 0.29) is 5.82 Å². The predicted molar refractivity (Wildman–Crippen MR) is 78.8 cm³/mol. The summed E-state index contributed by atoms with van der Waals surface area (Å²) in [7, 11) is 0. The van der Waals surface area contributed by atoms with Gasteiger partial charge in [0.15, 0.2) is 0 Å². The van der Waals surface area contributed by atoms with Crippen LogP contribution in [0.4, 0.5) is 4.39 Å². The van der Waals surface area contributed by atoms with Crippen LogP contribution < -0.4 is 0 Å². The molecule has 1 N–H and O–H groups in total. The molecular formula is C14H12ClFN2OS. The second-order valence-electron chi connectivity index (χ2n) is 4.43. The minimum absolute atomic E-state index is 0.281. The van der Waals surface area contributed by atoms with Gasteiger partial charge >= 0.3 is 0 Å². The van der Waals surface area contributed by atoms with Gasteiger partial charge in [0.05, 0.1) is 16.9 Å². The highest BCUT2D eigenvalue weighted by molar-refractivity contribution is 7.19. The van der Waals surface area contributed by atoms with E-state index in [9.17, 15) is 9.50 Å². The Morgan fingerprint density at radius 1 is 1.45 bits per heavy atom. The van der Waals surface area contributed by atoms with E-state index < -0.39 is 6.10 Å². The first-order valence-corrected chi connectivity index (χ1v) is 7.38. The van der Waals surface area contributed by atoms with E-state index in [1.54, 1.807) is 10.7 Å². The van der Waals surface area contributed by atoms with Gasteiger partial charge in [0.25, 0.3) is 0 Å². The molecule has 3 aromatic rings. The number of aliphatic hydroxyl groups is 1. The number of fused-ring (bicyclic) bond motifs is 1. The largest absolute Gasteiger partial charge is 0.381 e. The SMILES string of the molecule is CCn1ncc(Cl)c1C(O)c1cc2ccc(F)cc2s1. The molecule has 20 heavy (non-hydrogen) atoms. The van der Waals surface area contributed by atoms with Crippen LogP contribution in [0.2, 0.25) is 5.02 Å². The van der Waals surface area contributed by atoms with E-state index in [0.29, 0.717) is 17.3 Å². The summed E-state index contributed by atoms with van der Waals surface area (Å²) >= 11 is 7.45. The molecule has 3 nitrogen and oxygen atoms in total. The van der Waals surface area contributed by atoms with Crippen LogP contribution >= 0.6 is 22.9 Å². The second kappa shape index (κ2) is 5.16. The number of thiophene rings is 1. The van der Waals surface area contributed by atoms with E-state index in [4.69, 9.17) is 11.6 Å². The Bertz CT molecular complexity index is 768. The zero-order valence-corrected chi connectivity index (χ0v) is 12.2. The van der Waals surface area contributed by atoms with Gasteiger partial charge in [-0.05, 0) is 30.5 Å². The maximum absolute atomic E-state index is 13.2. The molecule has 1 unspecified atom stereocenters. The fraction of sp³-hybridized carbons (Fsp3) is 0.214. The average molecular weight is 311 g/mol. The fourth-order valence-corrected chi connectivity index (χ4v) is 3.51. The molecule has 0 aliphatic carbocycles. The van der Waals surface area contributed by atoms with E-state index in [2.05, 4.69) is 5.10 Å². The van der Waals surface area contributed by atoms with E-state index in [1.165, 1.54) is 29.7 Å². The van der Waals surface area contributed by atoms with Gasteiger partial charge in [0.1, 0.15) is 11.9 Å². The molecular weight excluding hydrogens is 299 g/mol. The van der Waals surface area contributed by atoms with Crippen molar-refractivity contribution in [3.8, 4) is 0 Å². The molecule has 2 heterocycles. The molecule has 0 bridgehead atoms. The highest BCUT2D eigenvalue weighted by Crippen LogP contribution is 2.35. The van der Waals surface area contributed by atoms with Crippen LogP contribution in [-0.4, -0.2) is 14.9 Å². The Balaban J connectivity index is 2.07. The van der Waals surface area contributed by atoms with Gasteiger partial charge < -0.3 is 5.11 Å². The summed E-state index contributed by atoms with van der Waals surface area (Å²) in [5.74, 6) is -0.281. The summed E-state index contributed by atoms with van der Waals surface area (Å²) in [5, 5.41) is 16.0. The third-order valence-corrected chi connectivity index (χ3v) is 4.60. The Hall–Kier alpha value is -1.43. The van der Waals surface area contributed by atoms with Crippen molar-refractivity contribution in [1.29, 1.82) is 0 Å². The standard InChI is InChI=1S/C14H12ClFN2OS/c1-2-18-13(10(15)7-17-18)14(19)12-5-8-3-4-9(16)6-11(8)20-12/h3-7,14,19H,2H2,1H3. The van der Waals surface area contributed by atoms with Crippen LogP contribution in [0.5, 0.6) is 0 Å². The molecule has 0 amide bonds. The molecule has 0 aliphatic rings. The number of halogens is 2. The van der Waals surface area contributed by atoms with Crippen molar-refractivity contribution < 1.29 is 9.50 Å². The monoisotopic (exact) mass is 310 g/mol. The van der Waals surface area contributed by atoms with Crippen molar-refractivity contribution in [2.24, 2.45) is 0 Å². The van der Waals surface area contributed by atoms with Gasteiger partial charge in [-0.1, -0.05) is 17.7 Å². The van der Waals surface area contributed by atoms with Gasteiger partial charge in [0, 0.05) is 16.1 Å². The lowest BCUT2D eigenvalue weighted by Crippen LogP contribution is -2.08. The van der Waals surface area contributed by atoms with Crippen molar-refractivity contribution in [2.75, 3.05) is 0 Å². The summed E-state index contributed by atoms with van der Waals surface area (Å²) in [6, 6.07) is 6.44. The number of aryl methyl sites for hydroxylation is 1. The molecule has 1 atom stereocenters. The lowest BCUT2D eigenvalue weighted by atomic mass is 10.2.